The summed E-state index contributed by atoms with van der Waals surface area (Å²) < 4.78 is 20.7. The van der Waals surface area contributed by atoms with E-state index in [1.807, 2.05) is 10.9 Å². The number of halogens is 1. The van der Waals surface area contributed by atoms with Crippen molar-refractivity contribution in [2.24, 2.45) is 5.92 Å². The van der Waals surface area contributed by atoms with E-state index in [9.17, 15) is 9.50 Å². The second kappa shape index (κ2) is 7.72. The molecule has 1 N–H and O–H groups in total. The van der Waals surface area contributed by atoms with E-state index in [1.54, 1.807) is 19.2 Å². The predicted octanol–water partition coefficient (Wildman–Crippen LogP) is 5.33. The Morgan fingerprint density at radius 1 is 1.23 bits per heavy atom. The molecule has 164 valence electrons. The zero-order valence-corrected chi connectivity index (χ0v) is 18.4. The van der Waals surface area contributed by atoms with Crippen LogP contribution in [-0.2, 0) is 16.6 Å². The fourth-order valence-corrected chi connectivity index (χ4v) is 6.32. The fourth-order valence-electron chi connectivity index (χ4n) is 6.32. The standard InChI is InChI=1S/C26H31FN2O2/c1-3-26-12-11-25(30,17-31-2)15-20(26)6-4-5-18-14-24-19(13-23(18)26)16-28-29(24)22-9-7-21(27)8-10-22/h7-10,13-14,16,20,30H,3-6,11-12,15,17H2,1-2H3/t20-,25+,26+/m0/s1. The van der Waals surface area contributed by atoms with E-state index in [0.29, 0.717) is 12.5 Å². The van der Waals surface area contributed by atoms with Crippen molar-refractivity contribution < 1.29 is 14.2 Å². The van der Waals surface area contributed by atoms with E-state index in [2.05, 4.69) is 24.2 Å². The van der Waals surface area contributed by atoms with E-state index in [-0.39, 0.29) is 11.2 Å². The van der Waals surface area contributed by atoms with Gasteiger partial charge in [0.15, 0.2) is 0 Å². The minimum absolute atomic E-state index is 0.0952. The number of methoxy groups -OCH3 is 1. The molecular weight excluding hydrogens is 391 g/mol. The number of aliphatic hydroxyl groups is 1. The molecule has 0 amide bonds. The highest BCUT2D eigenvalue weighted by molar-refractivity contribution is 5.82. The first-order valence-corrected chi connectivity index (χ1v) is 11.5. The number of fused-ring (bicyclic) bond motifs is 4. The third kappa shape index (κ3) is 3.39. The van der Waals surface area contributed by atoms with Gasteiger partial charge in [-0.3, -0.25) is 0 Å². The Hall–Kier alpha value is -2.24. The summed E-state index contributed by atoms with van der Waals surface area (Å²) in [6.45, 7) is 2.72. The summed E-state index contributed by atoms with van der Waals surface area (Å²) in [6, 6.07) is 11.2. The van der Waals surface area contributed by atoms with Crippen LogP contribution in [0, 0.1) is 11.7 Å². The average Bonchev–Trinajstić information content (AvgIpc) is 3.10. The van der Waals surface area contributed by atoms with Gasteiger partial charge in [0.2, 0.25) is 0 Å². The van der Waals surface area contributed by atoms with Gasteiger partial charge in [-0.2, -0.15) is 5.10 Å². The van der Waals surface area contributed by atoms with Crippen LogP contribution in [0.15, 0.2) is 42.6 Å². The quantitative estimate of drug-likeness (QED) is 0.618. The van der Waals surface area contributed by atoms with Gasteiger partial charge in [0.05, 0.1) is 29.6 Å². The number of ether oxygens (including phenoxy) is 1. The number of rotatable bonds is 4. The van der Waals surface area contributed by atoms with Crippen molar-refractivity contribution in [2.75, 3.05) is 13.7 Å². The lowest BCUT2D eigenvalue weighted by molar-refractivity contribution is -0.0903. The van der Waals surface area contributed by atoms with E-state index >= 15 is 0 Å². The Labute approximate surface area is 183 Å². The maximum absolute atomic E-state index is 13.4. The lowest BCUT2D eigenvalue weighted by atomic mass is 9.57. The summed E-state index contributed by atoms with van der Waals surface area (Å²) in [4.78, 5) is 0. The monoisotopic (exact) mass is 422 g/mol. The summed E-state index contributed by atoms with van der Waals surface area (Å²) in [6.07, 6.45) is 8.86. The number of aromatic nitrogens is 2. The van der Waals surface area contributed by atoms with Gasteiger partial charge in [0.1, 0.15) is 5.82 Å². The zero-order chi connectivity index (χ0) is 21.6. The molecule has 0 saturated heterocycles. The molecule has 31 heavy (non-hydrogen) atoms. The second-order valence-electron chi connectivity index (χ2n) is 9.56. The number of hydrogen-bond donors (Lipinski definition) is 1. The van der Waals surface area contributed by atoms with Crippen LogP contribution in [0.3, 0.4) is 0 Å². The van der Waals surface area contributed by atoms with Gasteiger partial charge in [-0.05, 0) is 104 Å². The Kier molecular flexibility index (Phi) is 5.14. The Morgan fingerprint density at radius 3 is 2.77 bits per heavy atom. The Morgan fingerprint density at radius 2 is 2.03 bits per heavy atom. The van der Waals surface area contributed by atoms with E-state index in [4.69, 9.17) is 4.74 Å². The van der Waals surface area contributed by atoms with Crippen molar-refractivity contribution >= 4 is 10.9 Å². The molecule has 0 spiro atoms. The zero-order valence-electron chi connectivity index (χ0n) is 18.4. The summed E-state index contributed by atoms with van der Waals surface area (Å²) >= 11 is 0. The molecule has 1 aromatic heterocycles. The first kappa shape index (κ1) is 20.7. The van der Waals surface area contributed by atoms with Crippen molar-refractivity contribution in [2.45, 2.75) is 62.9 Å². The third-order valence-electron chi connectivity index (χ3n) is 7.89. The molecule has 2 aromatic carbocycles. The maximum Gasteiger partial charge on any atom is 0.123 e. The van der Waals surface area contributed by atoms with Gasteiger partial charge in [-0.15, -0.1) is 0 Å². The van der Waals surface area contributed by atoms with Crippen LogP contribution in [0.25, 0.3) is 16.6 Å². The average molecular weight is 423 g/mol. The number of nitrogens with zero attached hydrogens (tertiary/aromatic N) is 2. The highest BCUT2D eigenvalue weighted by atomic mass is 19.1. The smallest absolute Gasteiger partial charge is 0.123 e. The van der Waals surface area contributed by atoms with E-state index in [0.717, 1.165) is 61.5 Å². The summed E-state index contributed by atoms with van der Waals surface area (Å²) in [5.74, 6) is 0.216. The summed E-state index contributed by atoms with van der Waals surface area (Å²) in [5.41, 5.74) is 4.18. The summed E-state index contributed by atoms with van der Waals surface area (Å²) in [7, 11) is 1.68. The van der Waals surface area contributed by atoms with Gasteiger partial charge in [-0.1, -0.05) is 6.92 Å². The minimum Gasteiger partial charge on any atom is -0.387 e. The molecule has 0 radical (unpaired) electrons. The van der Waals surface area contributed by atoms with Crippen molar-refractivity contribution in [1.29, 1.82) is 0 Å². The minimum atomic E-state index is -0.708. The van der Waals surface area contributed by atoms with Crippen molar-refractivity contribution in [3.8, 4) is 5.69 Å². The molecular formula is C26H31FN2O2. The molecule has 5 rings (SSSR count). The highest BCUT2D eigenvalue weighted by Gasteiger charge is 2.49. The van der Waals surface area contributed by atoms with Crippen LogP contribution in [0.1, 0.15) is 56.6 Å². The first-order valence-electron chi connectivity index (χ1n) is 11.5. The number of aryl methyl sites for hydroxylation is 1. The van der Waals surface area contributed by atoms with Crippen LogP contribution in [0.2, 0.25) is 0 Å². The van der Waals surface area contributed by atoms with Gasteiger partial charge in [0.25, 0.3) is 0 Å². The molecule has 1 heterocycles. The topological polar surface area (TPSA) is 47.3 Å². The third-order valence-corrected chi connectivity index (χ3v) is 7.89. The number of benzene rings is 2. The second-order valence-corrected chi connectivity index (χ2v) is 9.56. The highest BCUT2D eigenvalue weighted by Crippen LogP contribution is 2.54. The van der Waals surface area contributed by atoms with Gasteiger partial charge < -0.3 is 9.84 Å². The van der Waals surface area contributed by atoms with Crippen LogP contribution in [-0.4, -0.2) is 34.2 Å². The van der Waals surface area contributed by atoms with Crippen LogP contribution in [0.5, 0.6) is 0 Å². The van der Waals surface area contributed by atoms with E-state index < -0.39 is 5.60 Å². The molecule has 2 aliphatic carbocycles. The van der Waals surface area contributed by atoms with Crippen LogP contribution >= 0.6 is 0 Å². The normalized spacial score (nSPS) is 28.2. The molecule has 1 saturated carbocycles. The van der Waals surface area contributed by atoms with Crippen LogP contribution in [0.4, 0.5) is 4.39 Å². The molecule has 0 aliphatic heterocycles. The molecule has 3 aromatic rings. The SMILES string of the molecule is CC[C@@]12CC[C@](O)(COC)C[C@@H]1CCCc1cc3c(cnn3-c3ccc(F)cc3)cc12. The van der Waals surface area contributed by atoms with Gasteiger partial charge >= 0.3 is 0 Å². The molecule has 5 heteroatoms. The van der Waals surface area contributed by atoms with Crippen molar-refractivity contribution in [3.05, 3.63) is 59.5 Å². The predicted molar refractivity (Wildman–Crippen MR) is 120 cm³/mol. The lowest BCUT2D eigenvalue weighted by Crippen LogP contribution is -2.49. The fraction of sp³-hybridized carbons (Fsp3) is 0.500. The molecule has 0 bridgehead atoms. The molecule has 3 atom stereocenters. The van der Waals surface area contributed by atoms with Gasteiger partial charge in [-0.25, -0.2) is 9.07 Å². The Bertz CT molecular complexity index is 1090. The van der Waals surface area contributed by atoms with Crippen molar-refractivity contribution in [1.82, 2.24) is 9.78 Å². The van der Waals surface area contributed by atoms with Crippen molar-refractivity contribution in [3.63, 3.8) is 0 Å². The maximum atomic E-state index is 13.4. The largest absolute Gasteiger partial charge is 0.387 e. The molecule has 4 nitrogen and oxygen atoms in total. The Balaban J connectivity index is 1.60. The summed E-state index contributed by atoms with van der Waals surface area (Å²) in [5, 5.41) is 16.9. The molecule has 2 aliphatic rings. The van der Waals surface area contributed by atoms with Gasteiger partial charge in [0, 0.05) is 12.5 Å². The lowest BCUT2D eigenvalue weighted by Gasteiger charge is -2.50. The van der Waals surface area contributed by atoms with E-state index in [1.165, 1.54) is 23.3 Å². The number of hydrogen-bond acceptors (Lipinski definition) is 3. The van der Waals surface area contributed by atoms with Crippen LogP contribution < -0.4 is 0 Å². The first-order chi connectivity index (χ1) is 15.0. The molecule has 0 unspecified atom stereocenters. The molecule has 1 fully saturated rings.